The number of nitrogens with two attached hydrogens (primary N) is 1. The third kappa shape index (κ3) is 1.89. The van der Waals surface area contributed by atoms with Crippen molar-refractivity contribution in [3.8, 4) is 11.1 Å². The van der Waals surface area contributed by atoms with E-state index in [1.165, 1.54) is 16.6 Å². The zero-order chi connectivity index (χ0) is 12.6. The van der Waals surface area contributed by atoms with E-state index in [1.54, 1.807) is 18.3 Å². The van der Waals surface area contributed by atoms with Crippen LogP contribution in [0.4, 0.5) is 11.5 Å². The van der Waals surface area contributed by atoms with Gasteiger partial charge in [-0.2, -0.15) is 0 Å². The minimum absolute atomic E-state index is 0.0616. The lowest BCUT2D eigenvalue weighted by Crippen LogP contribution is -1.97. The molecule has 0 bridgehead atoms. The van der Waals surface area contributed by atoms with Crippen LogP contribution in [0.3, 0.4) is 0 Å². The number of nitrogen functional groups attached to an aromatic ring is 1. The van der Waals surface area contributed by atoms with Gasteiger partial charge in [-0.05, 0) is 36.4 Å². The van der Waals surface area contributed by atoms with E-state index in [0.29, 0.717) is 5.82 Å². The summed E-state index contributed by atoms with van der Waals surface area (Å²) in [5.41, 5.74) is 8.40. The number of nitro groups is 1. The summed E-state index contributed by atoms with van der Waals surface area (Å²) in [5.74, 6) is 0.485. The van der Waals surface area contributed by atoms with Crippen LogP contribution < -0.4 is 5.73 Å². The van der Waals surface area contributed by atoms with Crippen molar-refractivity contribution < 1.29 is 4.92 Å². The molecule has 0 saturated carbocycles. The molecule has 0 aliphatic heterocycles. The van der Waals surface area contributed by atoms with Crippen molar-refractivity contribution in [2.45, 2.75) is 6.92 Å². The van der Waals surface area contributed by atoms with E-state index in [1.807, 2.05) is 6.92 Å². The zero-order valence-electron chi connectivity index (χ0n) is 9.25. The third-order valence-electron chi connectivity index (χ3n) is 2.72. The smallest absolute Gasteiger partial charge is 0.269 e. The topological polar surface area (TPSA) is 74.1 Å². The minimum atomic E-state index is -0.431. The second kappa shape index (κ2) is 3.97. The molecule has 0 saturated heterocycles. The quantitative estimate of drug-likeness (QED) is 0.483. The lowest BCUT2D eigenvalue weighted by atomic mass is 10.1. The Bertz CT molecular complexity index is 575. The van der Waals surface area contributed by atoms with Crippen molar-refractivity contribution in [1.29, 1.82) is 0 Å². The molecule has 0 aliphatic carbocycles. The summed E-state index contributed by atoms with van der Waals surface area (Å²) in [6, 6.07) is 6.28. The maximum absolute atomic E-state index is 10.5. The van der Waals surface area contributed by atoms with Crippen LogP contribution in [0.2, 0.25) is 0 Å². The summed E-state index contributed by atoms with van der Waals surface area (Å²) in [4.78, 5) is 10.1. The molecule has 84 valence electrons. The number of rotatable bonds is 2. The summed E-state index contributed by atoms with van der Waals surface area (Å²) >= 11 is 0. The van der Waals surface area contributed by atoms with Gasteiger partial charge in [0.05, 0.1) is 10.7 Å². The Hall–Kier alpha value is -2.24. The van der Waals surface area contributed by atoms with Gasteiger partial charge in [0.2, 0.25) is 7.98 Å². The Labute approximate surface area is 99.4 Å². The SMILES string of the molecule is [B]n1cc(-c2ccc([N+](=O)[O-])cc2)c(C)c1N. The molecule has 0 aliphatic rings. The molecule has 2 N–H and O–H groups in total. The molecule has 1 aromatic heterocycles. The maximum Gasteiger partial charge on any atom is 0.269 e. The van der Waals surface area contributed by atoms with E-state index in [4.69, 9.17) is 13.7 Å². The fourth-order valence-corrected chi connectivity index (χ4v) is 1.69. The lowest BCUT2D eigenvalue weighted by Gasteiger charge is -2.00. The van der Waals surface area contributed by atoms with E-state index in [9.17, 15) is 10.1 Å². The average Bonchev–Trinajstić information content (AvgIpc) is 2.57. The summed E-state index contributed by atoms with van der Waals surface area (Å²) in [6.07, 6.45) is 1.70. The van der Waals surface area contributed by atoms with Crippen LogP contribution in [0.15, 0.2) is 30.5 Å². The number of aromatic nitrogens is 1. The fraction of sp³-hybridized carbons (Fsp3) is 0.0909. The van der Waals surface area contributed by atoms with E-state index < -0.39 is 4.92 Å². The lowest BCUT2D eigenvalue weighted by molar-refractivity contribution is -0.384. The summed E-state index contributed by atoms with van der Waals surface area (Å²) in [5, 5.41) is 10.5. The standard InChI is InChI=1S/C11H10BN3O2/c1-7-10(6-14(12)11(7)13)8-2-4-9(5-3-8)15(16)17/h2-6H,13H2,1H3. The molecule has 6 heteroatoms. The predicted molar refractivity (Wildman–Crippen MR) is 66.8 cm³/mol. The average molecular weight is 227 g/mol. The summed E-state index contributed by atoms with van der Waals surface area (Å²) in [7, 11) is 5.64. The Morgan fingerprint density at radius 3 is 2.35 bits per heavy atom. The maximum atomic E-state index is 10.5. The van der Waals surface area contributed by atoms with Crippen LogP contribution in [0.5, 0.6) is 0 Å². The van der Waals surface area contributed by atoms with Crippen molar-refractivity contribution in [3.63, 3.8) is 0 Å². The molecule has 2 radical (unpaired) electrons. The summed E-state index contributed by atoms with van der Waals surface area (Å²) in [6.45, 7) is 1.86. The van der Waals surface area contributed by atoms with Crippen LogP contribution in [0.1, 0.15) is 5.56 Å². The van der Waals surface area contributed by atoms with Crippen LogP contribution in [0.25, 0.3) is 11.1 Å². The molecular weight excluding hydrogens is 217 g/mol. The first kappa shape index (κ1) is 11.3. The number of anilines is 1. The van der Waals surface area contributed by atoms with Crippen LogP contribution in [-0.4, -0.2) is 17.4 Å². The Morgan fingerprint density at radius 2 is 1.94 bits per heavy atom. The van der Waals surface area contributed by atoms with E-state index in [2.05, 4.69) is 0 Å². The van der Waals surface area contributed by atoms with E-state index in [-0.39, 0.29) is 5.69 Å². The van der Waals surface area contributed by atoms with Gasteiger partial charge in [-0.25, -0.2) is 0 Å². The van der Waals surface area contributed by atoms with Gasteiger partial charge in [0, 0.05) is 17.7 Å². The van der Waals surface area contributed by atoms with Gasteiger partial charge in [-0.1, -0.05) is 0 Å². The Morgan fingerprint density at radius 1 is 1.35 bits per heavy atom. The van der Waals surface area contributed by atoms with Crippen molar-refractivity contribution >= 4 is 19.5 Å². The fourth-order valence-electron chi connectivity index (χ4n) is 1.69. The molecule has 0 fully saturated rings. The van der Waals surface area contributed by atoms with Gasteiger partial charge < -0.3 is 10.2 Å². The molecule has 2 rings (SSSR count). The van der Waals surface area contributed by atoms with Gasteiger partial charge in [-0.3, -0.25) is 10.1 Å². The molecule has 0 atom stereocenters. The third-order valence-corrected chi connectivity index (χ3v) is 2.72. The first-order chi connectivity index (χ1) is 8.00. The van der Waals surface area contributed by atoms with E-state index >= 15 is 0 Å². The highest BCUT2D eigenvalue weighted by Gasteiger charge is 2.10. The Kier molecular flexibility index (Phi) is 2.63. The molecule has 0 spiro atoms. The van der Waals surface area contributed by atoms with Gasteiger partial charge >= 0.3 is 0 Å². The van der Waals surface area contributed by atoms with Gasteiger partial charge in [0.1, 0.15) is 0 Å². The van der Waals surface area contributed by atoms with Gasteiger partial charge in [0.25, 0.3) is 5.69 Å². The minimum Gasteiger partial charge on any atom is -0.390 e. The zero-order valence-corrected chi connectivity index (χ0v) is 9.25. The molecule has 0 amide bonds. The second-order valence-corrected chi connectivity index (χ2v) is 3.76. The van der Waals surface area contributed by atoms with Gasteiger partial charge in [-0.15, -0.1) is 0 Å². The van der Waals surface area contributed by atoms with E-state index in [0.717, 1.165) is 16.7 Å². The van der Waals surface area contributed by atoms with Crippen molar-refractivity contribution in [3.05, 3.63) is 46.1 Å². The number of non-ortho nitro benzene ring substituents is 1. The number of hydrogen-bond acceptors (Lipinski definition) is 3. The molecule has 1 heterocycles. The van der Waals surface area contributed by atoms with Gasteiger partial charge in [0.15, 0.2) is 0 Å². The number of nitro benzene ring substituents is 1. The highest BCUT2D eigenvalue weighted by atomic mass is 16.6. The molecule has 17 heavy (non-hydrogen) atoms. The number of nitrogens with zero attached hydrogens (tertiary/aromatic N) is 2. The highest BCUT2D eigenvalue weighted by molar-refractivity contribution is 6.09. The Balaban J connectivity index is 2.47. The first-order valence-electron chi connectivity index (χ1n) is 4.98. The number of benzene rings is 1. The second-order valence-electron chi connectivity index (χ2n) is 3.76. The molecule has 0 unspecified atom stereocenters. The monoisotopic (exact) mass is 227 g/mol. The molecule has 1 aromatic carbocycles. The van der Waals surface area contributed by atoms with Crippen LogP contribution >= 0.6 is 0 Å². The van der Waals surface area contributed by atoms with Crippen molar-refractivity contribution in [2.24, 2.45) is 0 Å². The van der Waals surface area contributed by atoms with Crippen molar-refractivity contribution in [1.82, 2.24) is 4.48 Å². The normalized spacial score (nSPS) is 10.4. The van der Waals surface area contributed by atoms with Crippen LogP contribution in [-0.2, 0) is 0 Å². The molecular formula is C11H10BN3O2. The van der Waals surface area contributed by atoms with Crippen LogP contribution in [0, 0.1) is 17.0 Å². The molecule has 2 aromatic rings. The summed E-state index contributed by atoms with van der Waals surface area (Å²) < 4.78 is 1.34. The predicted octanol–water partition coefficient (Wildman–Crippen LogP) is 1.89. The van der Waals surface area contributed by atoms with Crippen molar-refractivity contribution in [2.75, 3.05) is 5.73 Å². The number of hydrogen-bond donors (Lipinski definition) is 1. The highest BCUT2D eigenvalue weighted by Crippen LogP contribution is 2.29. The molecule has 5 nitrogen and oxygen atoms in total. The first-order valence-corrected chi connectivity index (χ1v) is 4.98. The largest absolute Gasteiger partial charge is 0.390 e.